The van der Waals surface area contributed by atoms with Crippen LogP contribution in [0.5, 0.6) is 0 Å². The number of nitrogens with two attached hydrogens (primary N) is 1. The topological polar surface area (TPSA) is 64.2 Å². The molecule has 0 aliphatic carbocycles. The van der Waals surface area contributed by atoms with Crippen LogP contribution in [-0.4, -0.2) is 45.7 Å². The van der Waals surface area contributed by atoms with Crippen LogP contribution in [0, 0.1) is 13.8 Å². The zero-order chi connectivity index (χ0) is 14.6. The number of rotatable bonds is 6. The molecular weight excluding hydrogens is 260 g/mol. The van der Waals surface area contributed by atoms with Crippen LogP contribution in [0.25, 0.3) is 0 Å². The number of thioether (sulfide) groups is 1. The zero-order valence-electron chi connectivity index (χ0n) is 12.4. The lowest BCUT2D eigenvalue weighted by atomic mass is 10.2. The zero-order valence-corrected chi connectivity index (χ0v) is 13.3. The minimum Gasteiger partial charge on any atom is -0.396 e. The minimum absolute atomic E-state index is 0.0687. The second-order valence-electron chi connectivity index (χ2n) is 4.88. The van der Waals surface area contributed by atoms with Gasteiger partial charge in [-0.3, -0.25) is 9.48 Å². The van der Waals surface area contributed by atoms with E-state index in [0.717, 1.165) is 23.6 Å². The molecule has 6 heteroatoms. The van der Waals surface area contributed by atoms with Gasteiger partial charge >= 0.3 is 0 Å². The first kappa shape index (κ1) is 15.9. The van der Waals surface area contributed by atoms with Crippen molar-refractivity contribution >= 4 is 23.4 Å². The number of hydrogen-bond acceptors (Lipinski definition) is 4. The molecule has 1 heterocycles. The van der Waals surface area contributed by atoms with Crippen LogP contribution in [0.1, 0.15) is 24.7 Å². The molecular formula is C13H24N4OS. The monoisotopic (exact) mass is 284 g/mol. The van der Waals surface area contributed by atoms with Gasteiger partial charge in [0.15, 0.2) is 0 Å². The minimum atomic E-state index is 0.0687. The van der Waals surface area contributed by atoms with Crippen LogP contribution in [-0.2, 0) is 11.3 Å². The van der Waals surface area contributed by atoms with Gasteiger partial charge in [0, 0.05) is 13.1 Å². The van der Waals surface area contributed by atoms with Crippen molar-refractivity contribution in [1.29, 1.82) is 0 Å². The number of carbonyl (C=O) groups is 1. The third-order valence-corrected chi connectivity index (χ3v) is 4.16. The van der Waals surface area contributed by atoms with Crippen LogP contribution < -0.4 is 5.73 Å². The van der Waals surface area contributed by atoms with Crippen molar-refractivity contribution in [2.24, 2.45) is 0 Å². The Morgan fingerprint density at radius 3 is 2.63 bits per heavy atom. The van der Waals surface area contributed by atoms with Crippen LogP contribution in [0.4, 0.5) is 5.69 Å². The fourth-order valence-corrected chi connectivity index (χ4v) is 2.41. The van der Waals surface area contributed by atoms with Crippen molar-refractivity contribution in [2.75, 3.05) is 24.8 Å². The molecule has 1 unspecified atom stereocenters. The Hall–Kier alpha value is -1.17. The number of aryl methyl sites for hydroxylation is 1. The van der Waals surface area contributed by atoms with E-state index in [-0.39, 0.29) is 18.5 Å². The summed E-state index contributed by atoms with van der Waals surface area (Å²) in [6.45, 7) is 6.07. The lowest BCUT2D eigenvalue weighted by molar-refractivity contribution is -0.132. The third kappa shape index (κ3) is 3.89. The number of anilines is 1. The largest absolute Gasteiger partial charge is 0.396 e. The normalized spacial score (nSPS) is 12.5. The Labute approximate surface area is 119 Å². The Bertz CT molecular complexity index is 444. The summed E-state index contributed by atoms with van der Waals surface area (Å²) in [4.78, 5) is 14.0. The van der Waals surface area contributed by atoms with E-state index in [1.807, 2.05) is 20.9 Å². The summed E-state index contributed by atoms with van der Waals surface area (Å²) in [5, 5.41) is 4.29. The van der Waals surface area contributed by atoms with Gasteiger partial charge in [0.25, 0.3) is 0 Å². The standard InChI is InChI=1S/C13H24N4OS/c1-9(6-7-19-5)16(4)12(18)8-17-11(3)13(14)10(2)15-17/h9H,6-8,14H2,1-5H3. The van der Waals surface area contributed by atoms with Gasteiger partial charge in [-0.2, -0.15) is 16.9 Å². The maximum atomic E-state index is 12.2. The molecule has 0 fully saturated rings. The van der Waals surface area contributed by atoms with Crippen molar-refractivity contribution in [2.45, 2.75) is 39.8 Å². The van der Waals surface area contributed by atoms with Gasteiger partial charge in [0.2, 0.25) is 5.91 Å². The number of carbonyl (C=O) groups excluding carboxylic acids is 1. The summed E-state index contributed by atoms with van der Waals surface area (Å²) < 4.78 is 1.69. The first-order valence-corrected chi connectivity index (χ1v) is 7.82. The Balaban J connectivity index is 2.66. The highest BCUT2D eigenvalue weighted by Gasteiger charge is 2.18. The van der Waals surface area contributed by atoms with Crippen LogP contribution in [0.15, 0.2) is 0 Å². The summed E-state index contributed by atoms with van der Waals surface area (Å²) in [6, 6.07) is 0.245. The number of nitrogen functional groups attached to an aromatic ring is 1. The maximum Gasteiger partial charge on any atom is 0.244 e. The highest BCUT2D eigenvalue weighted by Crippen LogP contribution is 2.15. The fraction of sp³-hybridized carbons (Fsp3) is 0.692. The van der Waals surface area contributed by atoms with Gasteiger partial charge < -0.3 is 10.6 Å². The van der Waals surface area contributed by atoms with Crippen molar-refractivity contribution in [3.8, 4) is 0 Å². The molecule has 1 amide bonds. The van der Waals surface area contributed by atoms with Crippen molar-refractivity contribution in [1.82, 2.24) is 14.7 Å². The number of nitrogens with zero attached hydrogens (tertiary/aromatic N) is 3. The molecule has 0 bridgehead atoms. The second kappa shape index (κ2) is 6.84. The molecule has 0 aromatic carbocycles. The summed E-state index contributed by atoms with van der Waals surface area (Å²) in [5.74, 6) is 1.13. The first-order chi connectivity index (χ1) is 8.88. The molecule has 0 radical (unpaired) electrons. The molecule has 0 aliphatic rings. The molecule has 2 N–H and O–H groups in total. The first-order valence-electron chi connectivity index (χ1n) is 6.42. The van der Waals surface area contributed by atoms with E-state index in [2.05, 4.69) is 18.3 Å². The second-order valence-corrected chi connectivity index (χ2v) is 5.86. The predicted molar refractivity (Wildman–Crippen MR) is 81.3 cm³/mol. The average molecular weight is 284 g/mol. The van der Waals surface area contributed by atoms with Crippen LogP contribution >= 0.6 is 11.8 Å². The number of amides is 1. The molecule has 0 spiro atoms. The Morgan fingerprint density at radius 1 is 1.53 bits per heavy atom. The average Bonchev–Trinajstić information content (AvgIpc) is 2.62. The summed E-state index contributed by atoms with van der Waals surface area (Å²) in [6.07, 6.45) is 3.08. The van der Waals surface area contributed by atoms with Gasteiger partial charge in [-0.25, -0.2) is 0 Å². The molecule has 0 saturated heterocycles. The van der Waals surface area contributed by atoms with E-state index < -0.39 is 0 Å². The maximum absolute atomic E-state index is 12.2. The molecule has 108 valence electrons. The molecule has 1 aromatic heterocycles. The van der Waals surface area contributed by atoms with Crippen LogP contribution in [0.3, 0.4) is 0 Å². The van der Waals surface area contributed by atoms with Gasteiger partial charge in [-0.05, 0) is 39.2 Å². The van der Waals surface area contributed by atoms with Crippen molar-refractivity contribution in [3.05, 3.63) is 11.4 Å². The molecule has 5 nitrogen and oxygen atoms in total. The third-order valence-electron chi connectivity index (χ3n) is 3.52. The number of hydrogen-bond donors (Lipinski definition) is 1. The molecule has 1 aromatic rings. The molecule has 1 atom stereocenters. The molecule has 1 rings (SSSR count). The van der Waals surface area contributed by atoms with E-state index in [9.17, 15) is 4.79 Å². The van der Waals surface area contributed by atoms with Gasteiger partial charge in [0.1, 0.15) is 6.54 Å². The summed E-state index contributed by atoms with van der Waals surface area (Å²) >= 11 is 1.80. The quantitative estimate of drug-likeness (QED) is 0.863. The number of aromatic nitrogens is 2. The summed E-state index contributed by atoms with van der Waals surface area (Å²) in [5.41, 5.74) is 8.18. The van der Waals surface area contributed by atoms with E-state index in [0.29, 0.717) is 5.69 Å². The van der Waals surface area contributed by atoms with Gasteiger partial charge in [-0.1, -0.05) is 0 Å². The Morgan fingerprint density at radius 2 is 2.16 bits per heavy atom. The Kier molecular flexibility index (Phi) is 5.72. The molecule has 0 aliphatic heterocycles. The van der Waals surface area contributed by atoms with Gasteiger partial charge in [-0.15, -0.1) is 0 Å². The molecule has 0 saturated carbocycles. The van der Waals surface area contributed by atoms with E-state index >= 15 is 0 Å². The number of likely N-dealkylation sites (N-methyl/N-ethyl adjacent to an activating group) is 1. The smallest absolute Gasteiger partial charge is 0.244 e. The van der Waals surface area contributed by atoms with E-state index in [1.165, 1.54) is 0 Å². The molecule has 19 heavy (non-hydrogen) atoms. The lowest BCUT2D eigenvalue weighted by Crippen LogP contribution is -2.38. The van der Waals surface area contributed by atoms with Crippen LogP contribution in [0.2, 0.25) is 0 Å². The van der Waals surface area contributed by atoms with Crippen molar-refractivity contribution < 1.29 is 4.79 Å². The summed E-state index contributed by atoms with van der Waals surface area (Å²) in [7, 11) is 1.85. The lowest BCUT2D eigenvalue weighted by Gasteiger charge is -2.25. The van der Waals surface area contributed by atoms with Crippen molar-refractivity contribution in [3.63, 3.8) is 0 Å². The van der Waals surface area contributed by atoms with E-state index in [4.69, 9.17) is 5.73 Å². The van der Waals surface area contributed by atoms with Gasteiger partial charge in [0.05, 0.1) is 17.1 Å². The SMILES string of the molecule is CSCCC(C)N(C)C(=O)Cn1nc(C)c(N)c1C. The predicted octanol–water partition coefficient (Wildman–Crippen LogP) is 1.68. The highest BCUT2D eigenvalue weighted by atomic mass is 32.2. The van der Waals surface area contributed by atoms with E-state index in [1.54, 1.807) is 21.3 Å². The highest BCUT2D eigenvalue weighted by molar-refractivity contribution is 7.98. The fourth-order valence-electron chi connectivity index (χ4n) is 1.83.